The number of hydrogen-bond acceptors (Lipinski definition) is 5. The maximum absolute atomic E-state index is 12.6. The molecule has 1 aliphatic heterocycles. The largest absolute Gasteiger partial charge is 0.493 e. The number of anilines is 1. The summed E-state index contributed by atoms with van der Waals surface area (Å²) in [7, 11) is 1.34. The molecule has 0 unspecified atom stereocenters. The van der Waals surface area contributed by atoms with E-state index in [2.05, 4.69) is 10.1 Å². The number of amides is 2. The van der Waals surface area contributed by atoms with E-state index in [0.717, 1.165) is 0 Å². The first-order valence-electron chi connectivity index (χ1n) is 9.85. The third-order valence-electron chi connectivity index (χ3n) is 4.97. The Balaban J connectivity index is 1.49. The fourth-order valence-electron chi connectivity index (χ4n) is 3.33. The van der Waals surface area contributed by atoms with Crippen LogP contribution in [0.15, 0.2) is 48.5 Å². The third-order valence-corrected chi connectivity index (χ3v) is 4.97. The molecule has 0 spiro atoms. The molecule has 9 heteroatoms. The molecule has 7 nitrogen and oxygen atoms in total. The molecule has 0 aliphatic carbocycles. The van der Waals surface area contributed by atoms with Gasteiger partial charge in [-0.2, -0.15) is 8.78 Å². The second-order valence-electron chi connectivity index (χ2n) is 6.99. The SMILES string of the molecule is COc1ccc(NC(=O)C2CCN(C(=O)COc3ccccc3)CC2)cc1OC(F)F. The Morgan fingerprint density at radius 3 is 2.45 bits per heavy atom. The number of alkyl halides is 2. The number of likely N-dealkylation sites (tertiary alicyclic amines) is 1. The van der Waals surface area contributed by atoms with Crippen LogP contribution < -0.4 is 19.5 Å². The van der Waals surface area contributed by atoms with Crippen molar-refractivity contribution >= 4 is 17.5 Å². The van der Waals surface area contributed by atoms with E-state index in [9.17, 15) is 18.4 Å². The highest BCUT2D eigenvalue weighted by atomic mass is 19.3. The zero-order valence-corrected chi connectivity index (χ0v) is 17.1. The maximum Gasteiger partial charge on any atom is 0.387 e. The number of nitrogens with one attached hydrogen (secondary N) is 1. The molecule has 166 valence electrons. The number of hydrogen-bond donors (Lipinski definition) is 1. The van der Waals surface area contributed by atoms with E-state index >= 15 is 0 Å². The van der Waals surface area contributed by atoms with Crippen LogP contribution >= 0.6 is 0 Å². The zero-order chi connectivity index (χ0) is 22.2. The Labute approximate surface area is 178 Å². The third kappa shape index (κ3) is 6.31. The first kappa shape index (κ1) is 22.3. The van der Waals surface area contributed by atoms with Crippen LogP contribution in [0.25, 0.3) is 0 Å². The highest BCUT2D eigenvalue weighted by Crippen LogP contribution is 2.32. The molecule has 3 rings (SSSR count). The Morgan fingerprint density at radius 1 is 1.10 bits per heavy atom. The van der Waals surface area contributed by atoms with E-state index in [1.54, 1.807) is 23.1 Å². The van der Waals surface area contributed by atoms with Crippen molar-refractivity contribution in [2.75, 3.05) is 32.1 Å². The lowest BCUT2D eigenvalue weighted by molar-refractivity contribution is -0.136. The van der Waals surface area contributed by atoms with Crippen LogP contribution in [0.4, 0.5) is 14.5 Å². The minimum atomic E-state index is -3.01. The van der Waals surface area contributed by atoms with Crippen molar-refractivity contribution in [2.24, 2.45) is 5.92 Å². The van der Waals surface area contributed by atoms with Crippen molar-refractivity contribution in [3.63, 3.8) is 0 Å². The molecule has 0 aromatic heterocycles. The number of halogens is 2. The number of methoxy groups -OCH3 is 1. The van der Waals surface area contributed by atoms with Crippen molar-refractivity contribution in [3.05, 3.63) is 48.5 Å². The molecule has 1 fully saturated rings. The lowest BCUT2D eigenvalue weighted by Crippen LogP contribution is -2.43. The summed E-state index contributed by atoms with van der Waals surface area (Å²) in [5.74, 6) is -0.0510. The molecular weight excluding hydrogens is 410 g/mol. The molecule has 1 N–H and O–H groups in total. The van der Waals surface area contributed by atoms with E-state index < -0.39 is 6.61 Å². The minimum Gasteiger partial charge on any atom is -0.493 e. The quantitative estimate of drug-likeness (QED) is 0.688. The normalized spacial score (nSPS) is 14.3. The topological polar surface area (TPSA) is 77.1 Å². The van der Waals surface area contributed by atoms with Gasteiger partial charge in [0.1, 0.15) is 5.75 Å². The fourth-order valence-corrected chi connectivity index (χ4v) is 3.33. The number of rotatable bonds is 8. The summed E-state index contributed by atoms with van der Waals surface area (Å²) in [5.41, 5.74) is 0.330. The van der Waals surface area contributed by atoms with E-state index in [-0.39, 0.29) is 35.8 Å². The molecule has 1 heterocycles. The number of carbonyl (C=O) groups excluding carboxylic acids is 2. The number of para-hydroxylation sites is 1. The first-order chi connectivity index (χ1) is 15.0. The van der Waals surface area contributed by atoms with Gasteiger partial charge in [-0.15, -0.1) is 0 Å². The van der Waals surface area contributed by atoms with E-state index in [4.69, 9.17) is 9.47 Å². The van der Waals surface area contributed by atoms with Crippen LogP contribution in [0, 0.1) is 5.92 Å². The van der Waals surface area contributed by atoms with Crippen molar-refractivity contribution < 1.29 is 32.6 Å². The van der Waals surface area contributed by atoms with Gasteiger partial charge in [-0.25, -0.2) is 0 Å². The van der Waals surface area contributed by atoms with Crippen LogP contribution in [0.2, 0.25) is 0 Å². The monoisotopic (exact) mass is 434 g/mol. The van der Waals surface area contributed by atoms with Crippen LogP contribution in [0.5, 0.6) is 17.2 Å². The molecule has 0 bridgehead atoms. The van der Waals surface area contributed by atoms with Gasteiger partial charge in [-0.1, -0.05) is 18.2 Å². The zero-order valence-electron chi connectivity index (χ0n) is 17.1. The lowest BCUT2D eigenvalue weighted by atomic mass is 9.95. The highest BCUT2D eigenvalue weighted by molar-refractivity contribution is 5.93. The second-order valence-corrected chi connectivity index (χ2v) is 6.99. The number of carbonyl (C=O) groups is 2. The van der Waals surface area contributed by atoms with Gasteiger partial charge in [0.15, 0.2) is 18.1 Å². The summed E-state index contributed by atoms with van der Waals surface area (Å²) in [5, 5.41) is 2.72. The molecule has 31 heavy (non-hydrogen) atoms. The second kappa shape index (κ2) is 10.6. The number of piperidine rings is 1. The minimum absolute atomic E-state index is 0.0559. The van der Waals surface area contributed by atoms with Crippen LogP contribution in [0.3, 0.4) is 0 Å². The van der Waals surface area contributed by atoms with Gasteiger partial charge < -0.3 is 24.4 Å². The Kier molecular flexibility index (Phi) is 7.64. The maximum atomic E-state index is 12.6. The van der Waals surface area contributed by atoms with E-state index in [1.165, 1.54) is 19.2 Å². The van der Waals surface area contributed by atoms with Crippen LogP contribution in [-0.4, -0.2) is 50.1 Å². The molecule has 2 aromatic carbocycles. The summed E-state index contributed by atoms with van der Waals surface area (Å²) < 4.78 is 40.0. The van der Waals surface area contributed by atoms with Crippen LogP contribution in [-0.2, 0) is 9.59 Å². The molecule has 0 radical (unpaired) electrons. The lowest BCUT2D eigenvalue weighted by Gasteiger charge is -2.31. The molecule has 1 aliphatic rings. The van der Waals surface area contributed by atoms with Crippen molar-refractivity contribution in [2.45, 2.75) is 19.5 Å². The fraction of sp³-hybridized carbons (Fsp3) is 0.364. The Morgan fingerprint density at radius 2 is 1.81 bits per heavy atom. The van der Waals surface area contributed by atoms with Gasteiger partial charge in [0.05, 0.1) is 7.11 Å². The summed E-state index contributed by atoms with van der Waals surface area (Å²) >= 11 is 0. The summed E-state index contributed by atoms with van der Waals surface area (Å²) in [4.78, 5) is 26.6. The Bertz CT molecular complexity index is 887. The average Bonchev–Trinajstić information content (AvgIpc) is 2.78. The van der Waals surface area contributed by atoms with Gasteiger partial charge in [-0.3, -0.25) is 9.59 Å². The van der Waals surface area contributed by atoms with Gasteiger partial charge in [0.2, 0.25) is 5.91 Å². The first-order valence-corrected chi connectivity index (χ1v) is 9.85. The summed E-state index contributed by atoms with van der Waals surface area (Å²) in [6.45, 7) is -2.18. The van der Waals surface area contributed by atoms with Gasteiger partial charge in [-0.05, 0) is 37.1 Å². The van der Waals surface area contributed by atoms with Gasteiger partial charge in [0, 0.05) is 30.8 Å². The number of ether oxygens (including phenoxy) is 3. The van der Waals surface area contributed by atoms with Crippen molar-refractivity contribution in [1.29, 1.82) is 0 Å². The smallest absolute Gasteiger partial charge is 0.387 e. The highest BCUT2D eigenvalue weighted by Gasteiger charge is 2.27. The molecule has 1 saturated heterocycles. The van der Waals surface area contributed by atoms with Crippen molar-refractivity contribution in [3.8, 4) is 17.2 Å². The summed E-state index contributed by atoms with van der Waals surface area (Å²) in [6, 6.07) is 13.4. The average molecular weight is 434 g/mol. The molecule has 2 aromatic rings. The summed E-state index contributed by atoms with van der Waals surface area (Å²) in [6.07, 6.45) is 0.999. The van der Waals surface area contributed by atoms with E-state index in [1.807, 2.05) is 18.2 Å². The van der Waals surface area contributed by atoms with Gasteiger partial charge >= 0.3 is 6.61 Å². The molecule has 2 amide bonds. The van der Waals surface area contributed by atoms with Gasteiger partial charge in [0.25, 0.3) is 5.91 Å². The van der Waals surface area contributed by atoms with Crippen LogP contribution in [0.1, 0.15) is 12.8 Å². The van der Waals surface area contributed by atoms with E-state index in [0.29, 0.717) is 37.4 Å². The number of benzene rings is 2. The standard InChI is InChI=1S/C22H24F2N2O5/c1-29-18-8-7-16(13-19(18)31-22(23)24)25-21(28)15-9-11-26(12-10-15)20(27)14-30-17-5-3-2-4-6-17/h2-8,13,15,22H,9-12,14H2,1H3,(H,25,28). The van der Waals surface area contributed by atoms with Crippen molar-refractivity contribution in [1.82, 2.24) is 4.90 Å². The molecule has 0 atom stereocenters. The predicted octanol–water partition coefficient (Wildman–Crippen LogP) is 3.55. The Hall–Kier alpha value is -3.36. The number of nitrogens with zero attached hydrogens (tertiary/aromatic N) is 1. The molecule has 0 saturated carbocycles. The molecular formula is C22H24F2N2O5. The predicted molar refractivity (Wildman–Crippen MR) is 109 cm³/mol.